The van der Waals surface area contributed by atoms with Gasteiger partial charge in [-0.15, -0.1) is 0 Å². The lowest BCUT2D eigenvalue weighted by molar-refractivity contribution is 0.263. The molecule has 1 aliphatic heterocycles. The SMILES string of the molecule is NC(CO)c1cncn1CC1CSCCS1. The van der Waals surface area contributed by atoms with Gasteiger partial charge in [0.25, 0.3) is 0 Å². The van der Waals surface area contributed by atoms with E-state index in [1.165, 1.54) is 17.3 Å². The highest BCUT2D eigenvalue weighted by molar-refractivity contribution is 8.06. The Morgan fingerprint density at radius 3 is 3.19 bits per heavy atom. The predicted octanol–water partition coefficient (Wildman–Crippen LogP) is 0.724. The summed E-state index contributed by atoms with van der Waals surface area (Å²) in [6, 6.07) is -0.316. The summed E-state index contributed by atoms with van der Waals surface area (Å²) in [5.41, 5.74) is 6.75. The van der Waals surface area contributed by atoms with Crippen LogP contribution in [0.5, 0.6) is 0 Å². The van der Waals surface area contributed by atoms with Gasteiger partial charge >= 0.3 is 0 Å². The molecule has 2 atom stereocenters. The van der Waals surface area contributed by atoms with E-state index in [-0.39, 0.29) is 12.6 Å². The summed E-state index contributed by atoms with van der Waals surface area (Å²) < 4.78 is 2.07. The average Bonchev–Trinajstić information content (AvgIpc) is 2.77. The van der Waals surface area contributed by atoms with Gasteiger partial charge in [-0.1, -0.05) is 0 Å². The molecule has 0 spiro atoms. The van der Waals surface area contributed by atoms with Gasteiger partial charge in [0.2, 0.25) is 0 Å². The van der Waals surface area contributed by atoms with Crippen molar-refractivity contribution in [2.45, 2.75) is 17.8 Å². The molecule has 0 aliphatic carbocycles. The van der Waals surface area contributed by atoms with Crippen LogP contribution in [0, 0.1) is 0 Å². The van der Waals surface area contributed by atoms with E-state index in [2.05, 4.69) is 9.55 Å². The van der Waals surface area contributed by atoms with Crippen LogP contribution in [0.4, 0.5) is 0 Å². The average molecular weight is 259 g/mol. The summed E-state index contributed by atoms with van der Waals surface area (Å²) in [6.07, 6.45) is 3.56. The van der Waals surface area contributed by atoms with Crippen LogP contribution in [-0.4, -0.2) is 43.8 Å². The molecule has 2 heterocycles. The molecular weight excluding hydrogens is 242 g/mol. The lowest BCUT2D eigenvalue weighted by Crippen LogP contribution is -2.24. The van der Waals surface area contributed by atoms with E-state index in [0.717, 1.165) is 12.2 Å². The molecule has 1 aromatic rings. The maximum Gasteiger partial charge on any atom is 0.0949 e. The maximum atomic E-state index is 9.06. The minimum Gasteiger partial charge on any atom is -0.394 e. The molecule has 4 nitrogen and oxygen atoms in total. The number of nitrogens with two attached hydrogens (primary N) is 1. The molecule has 0 saturated carbocycles. The van der Waals surface area contributed by atoms with Gasteiger partial charge in [-0.3, -0.25) is 0 Å². The van der Waals surface area contributed by atoms with Crippen molar-refractivity contribution in [1.82, 2.24) is 9.55 Å². The fraction of sp³-hybridized carbons (Fsp3) is 0.700. The van der Waals surface area contributed by atoms with Gasteiger partial charge in [0.15, 0.2) is 0 Å². The van der Waals surface area contributed by atoms with E-state index < -0.39 is 0 Å². The van der Waals surface area contributed by atoms with E-state index in [1.54, 1.807) is 6.20 Å². The standard InChI is InChI=1S/C10H17N3OS2/c11-9(5-14)10-3-12-7-13(10)4-8-6-15-1-2-16-8/h3,7-9,14H,1-2,4-6,11H2. The minimum atomic E-state index is -0.316. The quantitative estimate of drug-likeness (QED) is 0.834. The minimum absolute atomic E-state index is 0.0295. The van der Waals surface area contributed by atoms with Gasteiger partial charge in [0.1, 0.15) is 0 Å². The third-order valence-corrected chi connectivity index (χ3v) is 5.43. The Kier molecular flexibility index (Phi) is 4.57. The maximum absolute atomic E-state index is 9.06. The number of hydrogen-bond donors (Lipinski definition) is 2. The number of rotatable bonds is 4. The second-order valence-corrected chi connectivity index (χ2v) is 6.39. The Morgan fingerprint density at radius 2 is 2.50 bits per heavy atom. The first-order valence-electron chi connectivity index (χ1n) is 5.37. The number of aliphatic hydroxyl groups excluding tert-OH is 1. The molecule has 1 fully saturated rings. The van der Waals surface area contributed by atoms with E-state index in [1.807, 2.05) is 29.9 Å². The Labute approximate surface area is 104 Å². The molecule has 1 saturated heterocycles. The molecule has 6 heteroatoms. The third-order valence-electron chi connectivity index (χ3n) is 2.61. The highest BCUT2D eigenvalue weighted by Gasteiger charge is 2.17. The van der Waals surface area contributed by atoms with Crippen LogP contribution >= 0.6 is 23.5 Å². The number of nitrogens with zero attached hydrogens (tertiary/aromatic N) is 2. The summed E-state index contributed by atoms with van der Waals surface area (Å²) in [4.78, 5) is 4.11. The van der Waals surface area contributed by atoms with Crippen LogP contribution in [0.25, 0.3) is 0 Å². The van der Waals surface area contributed by atoms with E-state index in [9.17, 15) is 0 Å². The molecule has 1 aliphatic rings. The molecule has 2 rings (SSSR count). The first kappa shape index (κ1) is 12.3. The summed E-state index contributed by atoms with van der Waals surface area (Å²) >= 11 is 4.03. The van der Waals surface area contributed by atoms with Crippen molar-refractivity contribution in [3.63, 3.8) is 0 Å². The predicted molar refractivity (Wildman–Crippen MR) is 69.8 cm³/mol. The highest BCUT2D eigenvalue weighted by Crippen LogP contribution is 2.26. The summed E-state index contributed by atoms with van der Waals surface area (Å²) in [7, 11) is 0. The molecule has 0 radical (unpaired) electrons. The zero-order chi connectivity index (χ0) is 11.4. The van der Waals surface area contributed by atoms with Crippen molar-refractivity contribution in [2.75, 3.05) is 23.9 Å². The van der Waals surface area contributed by atoms with Crippen molar-refractivity contribution in [3.8, 4) is 0 Å². The zero-order valence-electron chi connectivity index (χ0n) is 9.08. The summed E-state index contributed by atoms with van der Waals surface area (Å²) in [5, 5.41) is 9.70. The van der Waals surface area contributed by atoms with Gasteiger partial charge in [-0.05, 0) is 0 Å². The first-order chi connectivity index (χ1) is 7.81. The van der Waals surface area contributed by atoms with Crippen LogP contribution in [0.15, 0.2) is 12.5 Å². The van der Waals surface area contributed by atoms with Gasteiger partial charge in [-0.2, -0.15) is 23.5 Å². The molecule has 90 valence electrons. The molecule has 2 unspecified atom stereocenters. The normalized spacial score (nSPS) is 23.2. The van der Waals surface area contributed by atoms with Crippen LogP contribution in [0.3, 0.4) is 0 Å². The van der Waals surface area contributed by atoms with Crippen LogP contribution in [-0.2, 0) is 6.54 Å². The van der Waals surface area contributed by atoms with Gasteiger partial charge < -0.3 is 15.4 Å². The highest BCUT2D eigenvalue weighted by atomic mass is 32.2. The fourth-order valence-electron chi connectivity index (χ4n) is 1.75. The van der Waals surface area contributed by atoms with Gasteiger partial charge in [0, 0.05) is 35.3 Å². The van der Waals surface area contributed by atoms with Gasteiger partial charge in [-0.25, -0.2) is 4.98 Å². The van der Waals surface area contributed by atoms with Crippen molar-refractivity contribution in [3.05, 3.63) is 18.2 Å². The summed E-state index contributed by atoms with van der Waals surface area (Å²) in [5.74, 6) is 3.68. The lowest BCUT2D eigenvalue weighted by Gasteiger charge is -2.23. The topological polar surface area (TPSA) is 64.1 Å². The molecular formula is C10H17N3OS2. The van der Waals surface area contributed by atoms with E-state index in [4.69, 9.17) is 10.8 Å². The van der Waals surface area contributed by atoms with Crippen molar-refractivity contribution in [1.29, 1.82) is 0 Å². The molecule has 3 N–H and O–H groups in total. The van der Waals surface area contributed by atoms with Crippen molar-refractivity contribution < 1.29 is 5.11 Å². The Hall–Kier alpha value is -0.170. The Morgan fingerprint density at radius 1 is 1.62 bits per heavy atom. The molecule has 16 heavy (non-hydrogen) atoms. The molecule has 1 aromatic heterocycles. The third kappa shape index (κ3) is 2.94. The number of hydrogen-bond acceptors (Lipinski definition) is 5. The second-order valence-electron chi connectivity index (χ2n) is 3.83. The first-order valence-corrected chi connectivity index (χ1v) is 7.57. The smallest absolute Gasteiger partial charge is 0.0949 e. The van der Waals surface area contributed by atoms with Gasteiger partial charge in [0.05, 0.1) is 24.7 Å². The number of aromatic nitrogens is 2. The van der Waals surface area contributed by atoms with Crippen LogP contribution < -0.4 is 5.73 Å². The monoisotopic (exact) mass is 259 g/mol. The number of thioether (sulfide) groups is 2. The molecule has 0 bridgehead atoms. The van der Waals surface area contributed by atoms with Crippen molar-refractivity contribution in [2.24, 2.45) is 5.73 Å². The Bertz CT molecular complexity index is 326. The number of aliphatic hydroxyl groups is 1. The lowest BCUT2D eigenvalue weighted by atomic mass is 10.2. The Balaban J connectivity index is 2.00. The van der Waals surface area contributed by atoms with Crippen LogP contribution in [0.1, 0.15) is 11.7 Å². The molecule has 0 amide bonds. The van der Waals surface area contributed by atoms with E-state index >= 15 is 0 Å². The fourth-order valence-corrected chi connectivity index (χ4v) is 4.41. The largest absolute Gasteiger partial charge is 0.394 e. The van der Waals surface area contributed by atoms with Crippen molar-refractivity contribution >= 4 is 23.5 Å². The van der Waals surface area contributed by atoms with E-state index in [0.29, 0.717) is 5.25 Å². The second kappa shape index (κ2) is 5.95. The summed E-state index contributed by atoms with van der Waals surface area (Å²) in [6.45, 7) is 0.916. The zero-order valence-corrected chi connectivity index (χ0v) is 10.7. The van der Waals surface area contributed by atoms with Crippen LogP contribution in [0.2, 0.25) is 0 Å². The molecule has 0 aromatic carbocycles. The number of imidazole rings is 1.